The summed E-state index contributed by atoms with van der Waals surface area (Å²) in [6, 6.07) is 0. The highest BCUT2D eigenvalue weighted by Gasteiger charge is 1.99. The van der Waals surface area contributed by atoms with Crippen molar-refractivity contribution < 1.29 is 0 Å². The lowest BCUT2D eigenvalue weighted by Gasteiger charge is -2.10. The van der Waals surface area contributed by atoms with Crippen molar-refractivity contribution in [3.63, 3.8) is 0 Å². The molecule has 2 N–H and O–H groups in total. The number of unbranched alkanes of at least 4 members (excludes halogenated alkanes) is 38. The van der Waals surface area contributed by atoms with Crippen LogP contribution in [0.4, 0.5) is 0 Å². The van der Waals surface area contributed by atoms with E-state index in [2.05, 4.69) is 24.5 Å². The molecular formula is C45H92N2S. The molecule has 0 bridgehead atoms. The zero-order valence-corrected chi connectivity index (χ0v) is 34.4. The van der Waals surface area contributed by atoms with E-state index in [1.54, 1.807) is 0 Å². The van der Waals surface area contributed by atoms with Gasteiger partial charge in [0.15, 0.2) is 5.11 Å². The Labute approximate surface area is 310 Å². The van der Waals surface area contributed by atoms with E-state index in [9.17, 15) is 0 Å². The number of rotatable bonds is 42. The zero-order valence-electron chi connectivity index (χ0n) is 33.6. The minimum absolute atomic E-state index is 0.866. The van der Waals surface area contributed by atoms with Gasteiger partial charge in [-0.3, -0.25) is 0 Å². The molecule has 0 aliphatic carbocycles. The van der Waals surface area contributed by atoms with Crippen LogP contribution in [0.15, 0.2) is 0 Å². The van der Waals surface area contributed by atoms with Crippen molar-refractivity contribution in [2.75, 3.05) is 13.1 Å². The third-order valence-electron chi connectivity index (χ3n) is 10.6. The molecule has 3 heteroatoms. The van der Waals surface area contributed by atoms with Crippen LogP contribution in [0, 0.1) is 0 Å². The molecule has 2 nitrogen and oxygen atoms in total. The fraction of sp³-hybridized carbons (Fsp3) is 0.978. The molecule has 0 amide bonds. The van der Waals surface area contributed by atoms with Gasteiger partial charge < -0.3 is 10.6 Å². The second kappa shape index (κ2) is 44.7. The van der Waals surface area contributed by atoms with Gasteiger partial charge in [-0.15, -0.1) is 0 Å². The molecule has 0 spiro atoms. The number of hydrogen-bond acceptors (Lipinski definition) is 1. The van der Waals surface area contributed by atoms with E-state index < -0.39 is 0 Å². The first kappa shape index (κ1) is 47.7. The standard InChI is InChI=1S/C45H92N2S/c1-3-5-7-9-11-13-15-17-19-21-23-25-27-29-31-33-35-37-39-41-43-46-45(48)47-44-42-40-38-36-34-32-30-28-26-24-22-20-18-16-14-12-10-8-6-4-2/h3-44H2,1-2H3,(H2,46,47,48). The quantitative estimate of drug-likeness (QED) is 0.0492. The minimum Gasteiger partial charge on any atom is -0.363 e. The second-order valence-corrected chi connectivity index (χ2v) is 16.0. The summed E-state index contributed by atoms with van der Waals surface area (Å²) < 4.78 is 0. The van der Waals surface area contributed by atoms with Crippen molar-refractivity contribution in [3.05, 3.63) is 0 Å². The fourth-order valence-corrected chi connectivity index (χ4v) is 7.43. The molecule has 0 saturated heterocycles. The maximum Gasteiger partial charge on any atom is 0.166 e. The van der Waals surface area contributed by atoms with Crippen molar-refractivity contribution in [2.45, 2.75) is 271 Å². The Morgan fingerprint density at radius 2 is 0.396 bits per heavy atom. The number of thiocarbonyl (C=S) groups is 1. The molecule has 48 heavy (non-hydrogen) atoms. The molecule has 0 aliphatic heterocycles. The van der Waals surface area contributed by atoms with Gasteiger partial charge in [-0.25, -0.2) is 0 Å². The molecule has 288 valence electrons. The number of hydrogen-bond donors (Lipinski definition) is 2. The van der Waals surface area contributed by atoms with E-state index in [-0.39, 0.29) is 0 Å². The first-order valence-corrected chi connectivity index (χ1v) is 23.2. The van der Waals surface area contributed by atoms with Crippen LogP contribution in [0.25, 0.3) is 0 Å². The third-order valence-corrected chi connectivity index (χ3v) is 10.9. The van der Waals surface area contributed by atoms with E-state index in [4.69, 9.17) is 12.2 Å². The van der Waals surface area contributed by atoms with Gasteiger partial charge in [-0.2, -0.15) is 0 Å². The maximum atomic E-state index is 5.48. The largest absolute Gasteiger partial charge is 0.363 e. The highest BCUT2D eigenvalue weighted by atomic mass is 32.1. The molecule has 0 fully saturated rings. The summed E-state index contributed by atoms with van der Waals surface area (Å²) >= 11 is 5.48. The van der Waals surface area contributed by atoms with Crippen LogP contribution in [0.1, 0.15) is 271 Å². The topological polar surface area (TPSA) is 24.1 Å². The van der Waals surface area contributed by atoms with Gasteiger partial charge in [-0.1, -0.05) is 258 Å². The highest BCUT2D eigenvalue weighted by Crippen LogP contribution is 2.16. The zero-order chi connectivity index (χ0) is 34.7. The van der Waals surface area contributed by atoms with Gasteiger partial charge in [-0.05, 0) is 25.1 Å². The Kier molecular flexibility index (Phi) is 44.4. The number of nitrogens with one attached hydrogen (secondary N) is 2. The van der Waals surface area contributed by atoms with Crippen molar-refractivity contribution in [2.24, 2.45) is 0 Å². The van der Waals surface area contributed by atoms with Crippen LogP contribution in [0.2, 0.25) is 0 Å². The summed E-state index contributed by atoms with van der Waals surface area (Å²) in [5, 5.41) is 7.71. The lowest BCUT2D eigenvalue weighted by molar-refractivity contribution is 0.521. The molecule has 0 aliphatic rings. The molecule has 0 unspecified atom stereocenters. The van der Waals surface area contributed by atoms with Crippen molar-refractivity contribution >= 4 is 17.3 Å². The summed E-state index contributed by atoms with van der Waals surface area (Å²) in [5.74, 6) is 0. The summed E-state index contributed by atoms with van der Waals surface area (Å²) in [6.45, 7) is 6.67. The van der Waals surface area contributed by atoms with Crippen LogP contribution >= 0.6 is 12.2 Å². The van der Waals surface area contributed by atoms with E-state index in [0.29, 0.717) is 0 Å². The summed E-state index contributed by atoms with van der Waals surface area (Å²) in [4.78, 5) is 0. The highest BCUT2D eigenvalue weighted by molar-refractivity contribution is 7.80. The lowest BCUT2D eigenvalue weighted by atomic mass is 10.0. The normalized spacial score (nSPS) is 11.4. The predicted octanol–water partition coefficient (Wildman–Crippen LogP) is 16.1. The first-order valence-electron chi connectivity index (χ1n) is 22.8. The van der Waals surface area contributed by atoms with E-state index in [1.165, 1.54) is 257 Å². The van der Waals surface area contributed by atoms with E-state index in [0.717, 1.165) is 18.2 Å². The monoisotopic (exact) mass is 693 g/mol. The molecule has 0 radical (unpaired) electrons. The second-order valence-electron chi connectivity index (χ2n) is 15.6. The average Bonchev–Trinajstić information content (AvgIpc) is 3.09. The first-order chi connectivity index (χ1) is 23.8. The van der Waals surface area contributed by atoms with E-state index in [1.807, 2.05) is 0 Å². The van der Waals surface area contributed by atoms with Gasteiger partial charge in [0.25, 0.3) is 0 Å². The molecule has 0 aromatic rings. The van der Waals surface area contributed by atoms with Crippen molar-refractivity contribution in [3.8, 4) is 0 Å². The van der Waals surface area contributed by atoms with Crippen LogP contribution in [-0.4, -0.2) is 18.2 Å². The van der Waals surface area contributed by atoms with Gasteiger partial charge >= 0.3 is 0 Å². The molecule has 0 aromatic carbocycles. The molecule has 0 atom stereocenters. The molecule has 0 heterocycles. The van der Waals surface area contributed by atoms with Crippen LogP contribution in [-0.2, 0) is 0 Å². The lowest BCUT2D eigenvalue weighted by Crippen LogP contribution is -2.36. The summed E-state index contributed by atoms with van der Waals surface area (Å²) in [5.41, 5.74) is 0. The molecule has 0 aromatic heterocycles. The molecule has 0 rings (SSSR count). The summed E-state index contributed by atoms with van der Waals surface area (Å²) in [6.07, 6.45) is 57.5. The molecular weight excluding hydrogens is 601 g/mol. The van der Waals surface area contributed by atoms with Crippen LogP contribution in [0.3, 0.4) is 0 Å². The Bertz CT molecular complexity index is 531. The van der Waals surface area contributed by atoms with E-state index >= 15 is 0 Å². The SMILES string of the molecule is CCCCCCCCCCCCCCCCCCCCCCNC(=S)NCCCCCCCCCCCCCCCCCCCCCC. The Hall–Kier alpha value is -0.310. The Balaban J connectivity index is 3.14. The third kappa shape index (κ3) is 43.7. The van der Waals surface area contributed by atoms with Crippen LogP contribution in [0.5, 0.6) is 0 Å². The van der Waals surface area contributed by atoms with Gasteiger partial charge in [0.05, 0.1) is 0 Å². The smallest absolute Gasteiger partial charge is 0.166 e. The van der Waals surface area contributed by atoms with Crippen molar-refractivity contribution in [1.29, 1.82) is 0 Å². The maximum absolute atomic E-state index is 5.48. The minimum atomic E-state index is 0.866. The Morgan fingerprint density at radius 3 is 0.562 bits per heavy atom. The Morgan fingerprint density at radius 1 is 0.250 bits per heavy atom. The van der Waals surface area contributed by atoms with Gasteiger partial charge in [0.1, 0.15) is 0 Å². The van der Waals surface area contributed by atoms with Crippen LogP contribution < -0.4 is 10.6 Å². The average molecular weight is 693 g/mol. The predicted molar refractivity (Wildman–Crippen MR) is 225 cm³/mol. The van der Waals surface area contributed by atoms with Gasteiger partial charge in [0.2, 0.25) is 0 Å². The van der Waals surface area contributed by atoms with Crippen molar-refractivity contribution in [1.82, 2.24) is 10.6 Å². The summed E-state index contributed by atoms with van der Waals surface area (Å²) in [7, 11) is 0. The molecule has 0 saturated carbocycles. The fourth-order valence-electron chi connectivity index (χ4n) is 7.23. The van der Waals surface area contributed by atoms with Gasteiger partial charge in [0, 0.05) is 13.1 Å².